The lowest BCUT2D eigenvalue weighted by molar-refractivity contribution is 0.276. The molecule has 1 aliphatic rings. The van der Waals surface area contributed by atoms with Crippen LogP contribution in [0.1, 0.15) is 29.3 Å². The highest BCUT2D eigenvalue weighted by Gasteiger charge is 2.22. The summed E-state index contributed by atoms with van der Waals surface area (Å²) in [5.41, 5.74) is 4.27. The SMILES string of the molecule is OC[C@@H](Nc1nc(-c2ccncc2)nc2c1CCC2)c1ccccc1. The minimum absolute atomic E-state index is 0.00732. The molecule has 0 saturated carbocycles. The molecule has 2 aromatic heterocycles. The smallest absolute Gasteiger partial charge is 0.161 e. The van der Waals surface area contributed by atoms with Crippen LogP contribution in [-0.4, -0.2) is 26.7 Å². The number of benzene rings is 1. The van der Waals surface area contributed by atoms with Crippen molar-refractivity contribution in [1.29, 1.82) is 0 Å². The van der Waals surface area contributed by atoms with E-state index in [1.54, 1.807) is 12.4 Å². The van der Waals surface area contributed by atoms with Crippen LogP contribution in [0.4, 0.5) is 5.82 Å². The standard InChI is InChI=1S/C20H20N4O/c25-13-18(14-5-2-1-3-6-14)23-20-16-7-4-8-17(16)22-19(24-20)15-9-11-21-12-10-15/h1-3,5-6,9-12,18,25H,4,7-8,13H2,(H,22,23,24)/t18-/m1/s1. The number of nitrogens with zero attached hydrogens (tertiary/aromatic N) is 3. The maximum absolute atomic E-state index is 9.86. The van der Waals surface area contributed by atoms with Gasteiger partial charge in [-0.3, -0.25) is 4.98 Å². The van der Waals surface area contributed by atoms with Gasteiger partial charge in [-0.1, -0.05) is 30.3 Å². The van der Waals surface area contributed by atoms with Crippen LogP contribution in [0.15, 0.2) is 54.9 Å². The molecular formula is C20H20N4O. The van der Waals surface area contributed by atoms with Gasteiger partial charge in [-0.05, 0) is 37.0 Å². The van der Waals surface area contributed by atoms with Gasteiger partial charge in [-0.25, -0.2) is 9.97 Å². The van der Waals surface area contributed by atoms with E-state index in [1.165, 1.54) is 5.56 Å². The van der Waals surface area contributed by atoms with E-state index in [0.717, 1.165) is 41.9 Å². The molecule has 1 aliphatic carbocycles. The van der Waals surface area contributed by atoms with Crippen molar-refractivity contribution in [2.75, 3.05) is 11.9 Å². The number of anilines is 1. The molecule has 3 aromatic rings. The van der Waals surface area contributed by atoms with Crippen LogP contribution >= 0.6 is 0 Å². The first-order chi connectivity index (χ1) is 12.3. The predicted octanol–water partition coefficient (Wildman–Crippen LogP) is 3.17. The number of pyridine rings is 1. The van der Waals surface area contributed by atoms with Crippen molar-refractivity contribution in [3.05, 3.63) is 71.7 Å². The fourth-order valence-corrected chi connectivity index (χ4v) is 3.27. The van der Waals surface area contributed by atoms with Crippen LogP contribution in [-0.2, 0) is 12.8 Å². The predicted molar refractivity (Wildman–Crippen MR) is 97.2 cm³/mol. The largest absolute Gasteiger partial charge is 0.394 e. The molecule has 0 fully saturated rings. The van der Waals surface area contributed by atoms with E-state index in [0.29, 0.717) is 5.82 Å². The Morgan fingerprint density at radius 3 is 2.56 bits per heavy atom. The van der Waals surface area contributed by atoms with Gasteiger partial charge in [0.25, 0.3) is 0 Å². The zero-order chi connectivity index (χ0) is 17.1. The van der Waals surface area contributed by atoms with Crippen LogP contribution in [0.2, 0.25) is 0 Å². The molecule has 0 bridgehead atoms. The molecule has 0 aliphatic heterocycles. The van der Waals surface area contributed by atoms with Gasteiger partial charge in [0.2, 0.25) is 0 Å². The quantitative estimate of drug-likeness (QED) is 0.751. The number of aliphatic hydroxyl groups is 1. The van der Waals surface area contributed by atoms with Gasteiger partial charge in [0, 0.05) is 29.2 Å². The lowest BCUT2D eigenvalue weighted by Gasteiger charge is -2.20. The Morgan fingerprint density at radius 1 is 1.00 bits per heavy atom. The minimum Gasteiger partial charge on any atom is -0.394 e. The first kappa shape index (κ1) is 15.7. The van der Waals surface area contributed by atoms with E-state index in [1.807, 2.05) is 42.5 Å². The molecule has 4 rings (SSSR count). The number of aliphatic hydroxyl groups excluding tert-OH is 1. The maximum Gasteiger partial charge on any atom is 0.161 e. The van der Waals surface area contributed by atoms with Gasteiger partial charge in [0.1, 0.15) is 5.82 Å². The van der Waals surface area contributed by atoms with E-state index in [-0.39, 0.29) is 12.6 Å². The van der Waals surface area contributed by atoms with Crippen LogP contribution in [0.5, 0.6) is 0 Å². The summed E-state index contributed by atoms with van der Waals surface area (Å²) >= 11 is 0. The Hall–Kier alpha value is -2.79. The van der Waals surface area contributed by atoms with Crippen LogP contribution in [0, 0.1) is 0 Å². The molecule has 5 nitrogen and oxygen atoms in total. The van der Waals surface area contributed by atoms with Crippen molar-refractivity contribution in [3.8, 4) is 11.4 Å². The number of rotatable bonds is 5. The topological polar surface area (TPSA) is 70.9 Å². The average Bonchev–Trinajstić information content (AvgIpc) is 3.16. The average molecular weight is 332 g/mol. The molecule has 0 amide bonds. The molecule has 0 radical (unpaired) electrons. The highest BCUT2D eigenvalue weighted by Crippen LogP contribution is 2.31. The first-order valence-electron chi connectivity index (χ1n) is 8.57. The summed E-state index contributed by atoms with van der Waals surface area (Å²) in [6.45, 7) is 0.00732. The monoisotopic (exact) mass is 332 g/mol. The summed E-state index contributed by atoms with van der Waals surface area (Å²) in [4.78, 5) is 13.6. The number of hydrogen-bond donors (Lipinski definition) is 2. The Balaban J connectivity index is 1.72. The second-order valence-electron chi connectivity index (χ2n) is 6.20. The second kappa shape index (κ2) is 6.99. The Morgan fingerprint density at radius 2 is 1.80 bits per heavy atom. The molecule has 1 atom stereocenters. The lowest BCUT2D eigenvalue weighted by atomic mass is 10.1. The van der Waals surface area contributed by atoms with E-state index >= 15 is 0 Å². The normalized spacial score (nSPS) is 14.1. The number of hydrogen-bond acceptors (Lipinski definition) is 5. The number of nitrogens with one attached hydrogen (secondary N) is 1. The summed E-state index contributed by atoms with van der Waals surface area (Å²) < 4.78 is 0. The van der Waals surface area contributed by atoms with E-state index in [4.69, 9.17) is 9.97 Å². The van der Waals surface area contributed by atoms with E-state index < -0.39 is 0 Å². The summed E-state index contributed by atoms with van der Waals surface area (Å²) in [5, 5.41) is 13.3. The van der Waals surface area contributed by atoms with Crippen molar-refractivity contribution in [1.82, 2.24) is 15.0 Å². The highest BCUT2D eigenvalue weighted by atomic mass is 16.3. The maximum atomic E-state index is 9.86. The second-order valence-corrected chi connectivity index (χ2v) is 6.20. The number of fused-ring (bicyclic) bond motifs is 1. The molecular weight excluding hydrogens is 312 g/mol. The first-order valence-corrected chi connectivity index (χ1v) is 8.57. The molecule has 0 spiro atoms. The van der Waals surface area contributed by atoms with Gasteiger partial charge in [-0.2, -0.15) is 0 Å². The Kier molecular flexibility index (Phi) is 4.39. The van der Waals surface area contributed by atoms with Crippen molar-refractivity contribution >= 4 is 5.82 Å². The van der Waals surface area contributed by atoms with E-state index in [2.05, 4.69) is 10.3 Å². The Labute approximate surface area is 146 Å². The van der Waals surface area contributed by atoms with Crippen LogP contribution < -0.4 is 5.32 Å². The van der Waals surface area contributed by atoms with E-state index in [9.17, 15) is 5.11 Å². The summed E-state index contributed by atoms with van der Waals surface area (Å²) in [6.07, 6.45) is 6.54. The van der Waals surface area contributed by atoms with Gasteiger partial charge in [-0.15, -0.1) is 0 Å². The van der Waals surface area contributed by atoms with Crippen molar-refractivity contribution < 1.29 is 5.11 Å². The van der Waals surface area contributed by atoms with Crippen LogP contribution in [0.3, 0.4) is 0 Å². The third-order valence-corrected chi connectivity index (χ3v) is 4.57. The van der Waals surface area contributed by atoms with Crippen LogP contribution in [0.25, 0.3) is 11.4 Å². The number of aryl methyl sites for hydroxylation is 1. The van der Waals surface area contributed by atoms with Crippen molar-refractivity contribution in [2.45, 2.75) is 25.3 Å². The minimum atomic E-state index is -0.189. The third kappa shape index (κ3) is 3.23. The highest BCUT2D eigenvalue weighted by molar-refractivity contribution is 5.60. The molecule has 1 aromatic carbocycles. The fraction of sp³-hybridized carbons (Fsp3) is 0.250. The molecule has 0 unspecified atom stereocenters. The zero-order valence-electron chi connectivity index (χ0n) is 13.9. The lowest BCUT2D eigenvalue weighted by Crippen LogP contribution is -2.17. The summed E-state index contributed by atoms with van der Waals surface area (Å²) in [5.74, 6) is 1.53. The van der Waals surface area contributed by atoms with Crippen molar-refractivity contribution in [3.63, 3.8) is 0 Å². The number of aromatic nitrogens is 3. The molecule has 0 saturated heterocycles. The fourth-order valence-electron chi connectivity index (χ4n) is 3.27. The van der Waals surface area contributed by atoms with Gasteiger partial charge < -0.3 is 10.4 Å². The van der Waals surface area contributed by atoms with Crippen molar-refractivity contribution in [2.24, 2.45) is 0 Å². The third-order valence-electron chi connectivity index (χ3n) is 4.57. The molecule has 25 heavy (non-hydrogen) atoms. The summed E-state index contributed by atoms with van der Waals surface area (Å²) in [6, 6.07) is 13.6. The molecule has 126 valence electrons. The van der Waals surface area contributed by atoms with Gasteiger partial charge in [0.15, 0.2) is 5.82 Å². The molecule has 2 heterocycles. The molecule has 2 N–H and O–H groups in total. The van der Waals surface area contributed by atoms with Gasteiger partial charge >= 0.3 is 0 Å². The molecule has 5 heteroatoms. The summed E-state index contributed by atoms with van der Waals surface area (Å²) in [7, 11) is 0. The van der Waals surface area contributed by atoms with Gasteiger partial charge in [0.05, 0.1) is 12.6 Å². The zero-order valence-corrected chi connectivity index (χ0v) is 13.9. The Bertz CT molecular complexity index is 852.